The van der Waals surface area contributed by atoms with Gasteiger partial charge in [-0.25, -0.2) is 0 Å². The van der Waals surface area contributed by atoms with Crippen molar-refractivity contribution >= 4 is 11.6 Å². The molecule has 0 amide bonds. The van der Waals surface area contributed by atoms with Crippen LogP contribution in [-0.2, 0) is 9.59 Å². The van der Waals surface area contributed by atoms with Crippen molar-refractivity contribution in [3.8, 4) is 0 Å². The number of Topliss-reactive ketones (excluding diaryl/α,β-unsaturated/α-hetero) is 2. The van der Waals surface area contributed by atoms with E-state index in [9.17, 15) is 14.7 Å². The molecule has 0 bridgehead atoms. The van der Waals surface area contributed by atoms with Crippen molar-refractivity contribution < 1.29 is 14.7 Å². The summed E-state index contributed by atoms with van der Waals surface area (Å²) >= 11 is 0. The fourth-order valence-electron chi connectivity index (χ4n) is 6.49. The zero-order valence-corrected chi connectivity index (χ0v) is 29.1. The lowest BCUT2D eigenvalue weighted by Crippen LogP contribution is -2.42. The van der Waals surface area contributed by atoms with Crippen LogP contribution in [0.15, 0.2) is 119 Å². The molecule has 238 valence electrons. The van der Waals surface area contributed by atoms with Gasteiger partial charge < -0.3 is 5.11 Å². The van der Waals surface area contributed by atoms with Gasteiger partial charge in [0.25, 0.3) is 0 Å². The summed E-state index contributed by atoms with van der Waals surface area (Å²) in [4.78, 5) is 24.8. The van der Waals surface area contributed by atoms with E-state index in [1.54, 1.807) is 0 Å². The Morgan fingerprint density at radius 3 is 1.75 bits per heavy atom. The van der Waals surface area contributed by atoms with E-state index in [1.165, 1.54) is 5.57 Å². The zero-order chi connectivity index (χ0) is 33.2. The molecular formula is C41H56O3. The molecule has 0 radical (unpaired) electrons. The van der Waals surface area contributed by atoms with E-state index in [0.717, 1.165) is 28.7 Å². The molecule has 2 rings (SSSR count). The molecule has 0 aromatic carbocycles. The van der Waals surface area contributed by atoms with Gasteiger partial charge in [0.1, 0.15) is 11.9 Å². The van der Waals surface area contributed by atoms with Gasteiger partial charge >= 0.3 is 0 Å². The summed E-state index contributed by atoms with van der Waals surface area (Å²) in [5.74, 6) is 0.701. The van der Waals surface area contributed by atoms with Crippen molar-refractivity contribution in [2.45, 2.75) is 95.1 Å². The molecule has 1 N–H and O–H groups in total. The molecule has 4 atom stereocenters. The van der Waals surface area contributed by atoms with Crippen LogP contribution in [0.25, 0.3) is 0 Å². The minimum absolute atomic E-state index is 0.0637. The van der Waals surface area contributed by atoms with Crippen molar-refractivity contribution in [3.05, 3.63) is 119 Å². The quantitative estimate of drug-likeness (QED) is 0.255. The number of carbonyl (C=O) groups excluding carboxylic acids is 2. The molecule has 0 aromatic heterocycles. The largest absolute Gasteiger partial charge is 0.385 e. The molecule has 0 heterocycles. The summed E-state index contributed by atoms with van der Waals surface area (Å²) in [5.41, 5.74) is 6.09. The Labute approximate surface area is 268 Å². The molecule has 1 fully saturated rings. The summed E-state index contributed by atoms with van der Waals surface area (Å²) in [6.07, 6.45) is 29.6. The third-order valence-corrected chi connectivity index (χ3v) is 9.06. The highest BCUT2D eigenvalue weighted by atomic mass is 16.3. The van der Waals surface area contributed by atoms with Crippen LogP contribution in [0.4, 0.5) is 0 Å². The van der Waals surface area contributed by atoms with E-state index >= 15 is 0 Å². The first-order chi connectivity index (χ1) is 20.5. The van der Waals surface area contributed by atoms with E-state index in [-0.39, 0.29) is 34.4 Å². The lowest BCUT2D eigenvalue weighted by atomic mass is 9.60. The molecular weight excluding hydrogens is 540 g/mol. The monoisotopic (exact) mass is 596 g/mol. The predicted octanol–water partition coefficient (Wildman–Crippen LogP) is 10.1. The van der Waals surface area contributed by atoms with Gasteiger partial charge in [-0.3, -0.25) is 9.59 Å². The Bertz CT molecular complexity index is 1370. The van der Waals surface area contributed by atoms with Gasteiger partial charge in [-0.1, -0.05) is 149 Å². The van der Waals surface area contributed by atoms with Gasteiger partial charge in [0.05, 0.1) is 0 Å². The number of aliphatic hydroxyl groups excluding tert-OH is 1. The first kappa shape index (κ1) is 36.9. The molecule has 2 aliphatic rings. The number of rotatable bonds is 10. The van der Waals surface area contributed by atoms with Crippen molar-refractivity contribution in [1.29, 1.82) is 0 Å². The van der Waals surface area contributed by atoms with E-state index in [2.05, 4.69) is 117 Å². The van der Waals surface area contributed by atoms with Gasteiger partial charge in [-0.2, -0.15) is 0 Å². The first-order valence-electron chi connectivity index (χ1n) is 16.0. The second kappa shape index (κ2) is 16.1. The lowest BCUT2D eigenvalue weighted by Gasteiger charge is -2.43. The van der Waals surface area contributed by atoms with Gasteiger partial charge in [-0.15, -0.1) is 0 Å². The third-order valence-electron chi connectivity index (χ3n) is 9.06. The Morgan fingerprint density at radius 2 is 1.20 bits per heavy atom. The topological polar surface area (TPSA) is 54.4 Å². The minimum Gasteiger partial charge on any atom is -0.385 e. The SMILES string of the molecule is CC1=C(/C=C/C(C)=C/C=C/C(C)=C/C=C/C=C(C)/C=C/C=C(C)/C=C/C2C(C)C(=O)[C@@H](C)CC2(C)C)C(C)(C)C[C@H](O)C1=O. The fourth-order valence-corrected chi connectivity index (χ4v) is 6.49. The molecule has 0 aliphatic heterocycles. The van der Waals surface area contributed by atoms with E-state index in [1.807, 2.05) is 44.2 Å². The zero-order valence-electron chi connectivity index (χ0n) is 29.1. The number of carbonyl (C=O) groups is 2. The summed E-state index contributed by atoms with van der Waals surface area (Å²) in [6.45, 7) is 22.9. The number of ketones is 2. The fraction of sp³-hybridized carbons (Fsp3) is 0.463. The first-order valence-corrected chi connectivity index (χ1v) is 16.0. The molecule has 0 aromatic rings. The predicted molar refractivity (Wildman–Crippen MR) is 188 cm³/mol. The second-order valence-electron chi connectivity index (χ2n) is 14.3. The minimum atomic E-state index is -0.900. The van der Waals surface area contributed by atoms with E-state index < -0.39 is 6.10 Å². The second-order valence-corrected chi connectivity index (χ2v) is 14.3. The molecule has 2 unspecified atom stereocenters. The Morgan fingerprint density at radius 1 is 0.727 bits per heavy atom. The van der Waals surface area contributed by atoms with Crippen LogP contribution in [-0.4, -0.2) is 22.8 Å². The lowest BCUT2D eigenvalue weighted by molar-refractivity contribution is -0.133. The molecule has 2 aliphatic carbocycles. The Kier molecular flexibility index (Phi) is 13.5. The van der Waals surface area contributed by atoms with Crippen LogP contribution in [0.2, 0.25) is 0 Å². The van der Waals surface area contributed by atoms with Crippen LogP contribution in [0.5, 0.6) is 0 Å². The van der Waals surface area contributed by atoms with Crippen LogP contribution in [0.1, 0.15) is 89.0 Å². The van der Waals surface area contributed by atoms with Crippen molar-refractivity contribution in [2.24, 2.45) is 28.6 Å². The van der Waals surface area contributed by atoms with Crippen molar-refractivity contribution in [3.63, 3.8) is 0 Å². The van der Waals surface area contributed by atoms with Crippen molar-refractivity contribution in [2.75, 3.05) is 0 Å². The van der Waals surface area contributed by atoms with Crippen LogP contribution < -0.4 is 0 Å². The highest BCUT2D eigenvalue weighted by Gasteiger charge is 2.43. The smallest absolute Gasteiger partial charge is 0.187 e. The van der Waals surface area contributed by atoms with Crippen molar-refractivity contribution in [1.82, 2.24) is 0 Å². The molecule has 44 heavy (non-hydrogen) atoms. The summed E-state index contributed by atoms with van der Waals surface area (Å²) in [5, 5.41) is 10.0. The standard InChI is InChI=1S/C41H56O3/c1-28(18-14-20-30(3)22-24-35-33(6)38(43)32(5)26-40(35,8)9)16-12-13-17-29(2)19-15-21-31(4)23-25-36-34(7)39(44)37(42)27-41(36,10)11/h12-25,32-33,35,37,42H,26-27H2,1-11H3/b13-12+,18-14+,19-15+,24-22+,25-23+,28-16+,29-17+,30-20+,31-21+/t32-,33?,35?,37-/m0/s1. The number of allylic oxidation sites excluding steroid dienone is 19. The van der Waals surface area contributed by atoms with Crippen LogP contribution in [0.3, 0.4) is 0 Å². The molecule has 1 saturated carbocycles. The number of hydrogen-bond donors (Lipinski definition) is 1. The highest BCUT2D eigenvalue weighted by molar-refractivity contribution is 6.00. The molecule has 3 nitrogen and oxygen atoms in total. The maximum Gasteiger partial charge on any atom is 0.187 e. The molecule has 0 saturated heterocycles. The maximum atomic E-state index is 12.5. The number of aliphatic hydroxyl groups is 1. The normalized spacial score (nSPS) is 27.8. The molecule has 3 heteroatoms. The van der Waals surface area contributed by atoms with E-state index in [0.29, 0.717) is 17.8 Å². The van der Waals surface area contributed by atoms with E-state index in [4.69, 9.17) is 0 Å². The van der Waals surface area contributed by atoms with Crippen LogP contribution in [0, 0.1) is 28.6 Å². The van der Waals surface area contributed by atoms with Crippen LogP contribution >= 0.6 is 0 Å². The average Bonchev–Trinajstić information content (AvgIpc) is 2.92. The summed E-state index contributed by atoms with van der Waals surface area (Å²) < 4.78 is 0. The average molecular weight is 597 g/mol. The Balaban J connectivity index is 1.93. The highest BCUT2D eigenvalue weighted by Crippen LogP contribution is 2.45. The number of hydrogen-bond acceptors (Lipinski definition) is 3. The third kappa shape index (κ3) is 10.7. The molecule has 0 spiro atoms. The summed E-state index contributed by atoms with van der Waals surface area (Å²) in [6, 6.07) is 0. The maximum absolute atomic E-state index is 12.5. The van der Waals surface area contributed by atoms with Gasteiger partial charge in [0.2, 0.25) is 0 Å². The van der Waals surface area contributed by atoms with Gasteiger partial charge in [-0.05, 0) is 75.4 Å². The van der Waals surface area contributed by atoms with Gasteiger partial charge in [0, 0.05) is 11.8 Å². The van der Waals surface area contributed by atoms with Gasteiger partial charge in [0.15, 0.2) is 5.78 Å². The summed E-state index contributed by atoms with van der Waals surface area (Å²) in [7, 11) is 0. The Hall–Kier alpha value is -3.30.